The lowest BCUT2D eigenvalue weighted by Crippen LogP contribution is -2.10. The lowest BCUT2D eigenvalue weighted by molar-refractivity contribution is 0.344. The fourth-order valence-electron chi connectivity index (χ4n) is 1.09. The number of benzene rings is 1. The van der Waals surface area contributed by atoms with Crippen molar-refractivity contribution in [3.63, 3.8) is 0 Å². The summed E-state index contributed by atoms with van der Waals surface area (Å²) in [5.41, 5.74) is 5.96. The van der Waals surface area contributed by atoms with Gasteiger partial charge in [-0.05, 0) is 17.7 Å². The van der Waals surface area contributed by atoms with Crippen LogP contribution in [0.3, 0.4) is 0 Å². The third-order valence-electron chi connectivity index (χ3n) is 1.84. The molecule has 0 amide bonds. The van der Waals surface area contributed by atoms with Crippen LogP contribution in [0, 0.1) is 6.42 Å². The second-order valence-electron chi connectivity index (χ2n) is 3.32. The highest BCUT2D eigenvalue weighted by Crippen LogP contribution is 2.61. The zero-order chi connectivity index (χ0) is 13.3. The molecule has 0 bridgehead atoms. The quantitative estimate of drug-likeness (QED) is 0.396. The number of nitrogen functional groups attached to an aromatic ring is 1. The van der Waals surface area contributed by atoms with Gasteiger partial charge in [0.05, 0.1) is 0 Å². The molecule has 0 aliphatic carbocycles. The molecule has 2 radical (unpaired) electrons. The molecular weight excluding hydrogens is 268 g/mol. The molecule has 0 unspecified atom stereocenters. The van der Waals surface area contributed by atoms with Crippen molar-refractivity contribution in [2.45, 2.75) is 5.40 Å². The summed E-state index contributed by atoms with van der Waals surface area (Å²) in [6.07, 6.45) is 2.10. The molecule has 0 aliphatic heterocycles. The van der Waals surface area contributed by atoms with E-state index in [1.54, 1.807) is 0 Å². The van der Waals surface area contributed by atoms with Gasteiger partial charge < -0.3 is 25.3 Å². The van der Waals surface area contributed by atoms with E-state index in [1.807, 2.05) is 0 Å². The average Bonchev–Trinajstić information content (AvgIpc) is 2.13. The van der Waals surface area contributed by atoms with Crippen LogP contribution in [0.25, 0.3) is 0 Å². The molecule has 0 aromatic heterocycles. The molecule has 0 heterocycles. The minimum absolute atomic E-state index is 0.149. The summed E-state index contributed by atoms with van der Waals surface area (Å²) < 4.78 is 21.9. The molecule has 1 aromatic carbocycles. The van der Waals surface area contributed by atoms with Crippen LogP contribution in [0.4, 0.5) is 5.69 Å². The van der Waals surface area contributed by atoms with E-state index >= 15 is 0 Å². The van der Waals surface area contributed by atoms with Gasteiger partial charge in [-0.25, -0.2) is 0 Å². The first-order valence-electron chi connectivity index (χ1n) is 4.33. The van der Waals surface area contributed by atoms with E-state index in [4.69, 9.17) is 25.3 Å². The van der Waals surface area contributed by atoms with Crippen molar-refractivity contribution in [3.8, 4) is 0 Å². The van der Waals surface area contributed by atoms with Gasteiger partial charge in [-0.3, -0.25) is 9.13 Å². The van der Waals surface area contributed by atoms with E-state index < -0.39 is 20.6 Å². The van der Waals surface area contributed by atoms with Crippen LogP contribution >= 0.6 is 15.2 Å². The maximum absolute atomic E-state index is 11.0. The Morgan fingerprint density at radius 3 is 1.76 bits per heavy atom. The Labute approximate surface area is 97.6 Å². The summed E-state index contributed by atoms with van der Waals surface area (Å²) in [6.45, 7) is 0. The zero-order valence-electron chi connectivity index (χ0n) is 8.46. The normalized spacial score (nSPS) is 13.0. The molecule has 0 aliphatic rings. The molecule has 0 spiro atoms. The van der Waals surface area contributed by atoms with Gasteiger partial charge in [0.25, 0.3) is 0 Å². The van der Waals surface area contributed by atoms with Crippen LogP contribution in [-0.2, 0) is 9.13 Å². The lowest BCUT2D eigenvalue weighted by atomic mass is 10.1. The van der Waals surface area contributed by atoms with Gasteiger partial charge in [0.15, 0.2) is 5.40 Å². The third kappa shape index (κ3) is 4.24. The molecule has 1 aromatic rings. The van der Waals surface area contributed by atoms with Crippen molar-refractivity contribution in [2.24, 2.45) is 0 Å². The Morgan fingerprint density at radius 1 is 1.00 bits per heavy atom. The van der Waals surface area contributed by atoms with Crippen molar-refractivity contribution in [1.29, 1.82) is 0 Å². The maximum Gasteiger partial charge on any atom is 0.341 e. The summed E-state index contributed by atoms with van der Waals surface area (Å²) in [5.74, 6) is 0. The second-order valence-corrected chi connectivity index (χ2v) is 7.11. The SMILES string of the molecule is Nc1ccc([C]C(P(=O)(O)O)P(=O)(O)O)cc1. The minimum Gasteiger partial charge on any atom is -0.399 e. The average molecular weight is 279 g/mol. The van der Waals surface area contributed by atoms with Gasteiger partial charge >= 0.3 is 15.2 Å². The molecule has 7 nitrogen and oxygen atoms in total. The van der Waals surface area contributed by atoms with Crippen molar-refractivity contribution < 1.29 is 28.7 Å². The van der Waals surface area contributed by atoms with Crippen LogP contribution in [0.15, 0.2) is 24.3 Å². The molecule has 0 saturated heterocycles. The molecule has 1 rings (SSSR count). The van der Waals surface area contributed by atoms with Crippen LogP contribution < -0.4 is 5.73 Å². The Balaban J connectivity index is 3.00. The fraction of sp³-hybridized carbons (Fsp3) is 0.125. The van der Waals surface area contributed by atoms with Gasteiger partial charge in [-0.15, -0.1) is 0 Å². The number of hydrogen-bond acceptors (Lipinski definition) is 3. The van der Waals surface area contributed by atoms with E-state index in [9.17, 15) is 9.13 Å². The van der Waals surface area contributed by atoms with Crippen LogP contribution in [-0.4, -0.2) is 25.0 Å². The van der Waals surface area contributed by atoms with Crippen molar-refractivity contribution in [2.75, 3.05) is 5.73 Å². The Kier molecular flexibility index (Phi) is 4.15. The maximum atomic E-state index is 11.0. The summed E-state index contributed by atoms with van der Waals surface area (Å²) >= 11 is 0. The molecule has 0 saturated carbocycles. The topological polar surface area (TPSA) is 141 Å². The van der Waals surface area contributed by atoms with Crippen molar-refractivity contribution in [3.05, 3.63) is 36.2 Å². The van der Waals surface area contributed by atoms with Crippen LogP contribution in [0.5, 0.6) is 0 Å². The van der Waals surface area contributed by atoms with Gasteiger partial charge in [0, 0.05) is 12.1 Å². The second kappa shape index (κ2) is 4.90. The van der Waals surface area contributed by atoms with E-state index in [-0.39, 0.29) is 5.56 Å². The number of nitrogens with two attached hydrogens (primary N) is 1. The molecule has 0 fully saturated rings. The van der Waals surface area contributed by atoms with Gasteiger partial charge in [0.2, 0.25) is 0 Å². The number of rotatable bonds is 4. The Hall–Kier alpha value is -0.680. The first-order valence-corrected chi connectivity index (χ1v) is 7.69. The van der Waals surface area contributed by atoms with E-state index in [0.717, 1.165) is 0 Å². The first-order chi connectivity index (χ1) is 7.60. The monoisotopic (exact) mass is 279 g/mol. The van der Waals surface area contributed by atoms with E-state index in [0.29, 0.717) is 5.69 Å². The molecule has 0 atom stereocenters. The summed E-state index contributed by atoms with van der Waals surface area (Å²) in [4.78, 5) is 35.4. The largest absolute Gasteiger partial charge is 0.399 e. The van der Waals surface area contributed by atoms with Crippen molar-refractivity contribution >= 4 is 20.9 Å². The Bertz CT molecular complexity index is 453. The summed E-state index contributed by atoms with van der Waals surface area (Å²) in [5, 5.41) is -2.27. The number of anilines is 1. The van der Waals surface area contributed by atoms with Gasteiger partial charge in [-0.1, -0.05) is 12.1 Å². The molecule has 6 N–H and O–H groups in total. The number of hydrogen-bond donors (Lipinski definition) is 5. The van der Waals surface area contributed by atoms with Crippen molar-refractivity contribution in [1.82, 2.24) is 0 Å². The standard InChI is InChI=1S/C8H11NO6P2/c9-7-3-1-6(2-4-7)5-8(16(10,11)12)17(13,14)15/h1-4,8H,9H2,(H2,10,11,12)(H2,13,14,15). The van der Waals surface area contributed by atoms with Crippen LogP contribution in [0.1, 0.15) is 5.56 Å². The lowest BCUT2D eigenvalue weighted by Gasteiger charge is -2.18. The van der Waals surface area contributed by atoms with Gasteiger partial charge in [-0.2, -0.15) is 0 Å². The highest BCUT2D eigenvalue weighted by Gasteiger charge is 2.43. The van der Waals surface area contributed by atoms with E-state index in [1.165, 1.54) is 24.3 Å². The third-order valence-corrected chi connectivity index (χ3v) is 5.18. The first kappa shape index (κ1) is 14.4. The molecular formula is C8H11NO6P2. The molecule has 94 valence electrons. The predicted molar refractivity (Wildman–Crippen MR) is 61.1 cm³/mol. The predicted octanol–water partition coefficient (Wildman–Crippen LogP) is 0.380. The highest BCUT2D eigenvalue weighted by molar-refractivity contribution is 7.71. The summed E-state index contributed by atoms with van der Waals surface area (Å²) in [7, 11) is -9.96. The highest BCUT2D eigenvalue weighted by atomic mass is 31.2. The van der Waals surface area contributed by atoms with Crippen LogP contribution in [0.2, 0.25) is 0 Å². The minimum atomic E-state index is -4.98. The van der Waals surface area contributed by atoms with Gasteiger partial charge in [0.1, 0.15) is 0 Å². The molecule has 9 heteroatoms. The molecule has 17 heavy (non-hydrogen) atoms. The summed E-state index contributed by atoms with van der Waals surface area (Å²) in [6, 6.07) is 5.57. The fourth-order valence-corrected chi connectivity index (χ4v) is 3.29. The smallest absolute Gasteiger partial charge is 0.341 e. The van der Waals surface area contributed by atoms with E-state index in [2.05, 4.69) is 6.42 Å². The zero-order valence-corrected chi connectivity index (χ0v) is 10.3. The Morgan fingerprint density at radius 2 is 1.41 bits per heavy atom.